The molecule has 84 valence electrons. The minimum atomic E-state index is -0.317. The lowest BCUT2D eigenvalue weighted by molar-refractivity contribution is 0.109. The van der Waals surface area contributed by atoms with Crippen LogP contribution in [0.15, 0.2) is 29.1 Å². The third-order valence-corrected chi connectivity index (χ3v) is 2.55. The number of rotatable bonds is 2. The fourth-order valence-electron chi connectivity index (χ4n) is 1.56. The number of methoxy groups -OCH3 is 1. The van der Waals surface area contributed by atoms with E-state index in [1.165, 1.54) is 0 Å². The van der Waals surface area contributed by atoms with Crippen molar-refractivity contribution in [1.29, 1.82) is 0 Å². The molecule has 5 nitrogen and oxygen atoms in total. The number of para-hydroxylation sites is 1. The van der Waals surface area contributed by atoms with Gasteiger partial charge in [-0.05, 0) is 19.1 Å². The second kappa shape index (κ2) is 3.94. The molecule has 0 aliphatic carbocycles. The largest absolute Gasteiger partial charge is 0.374 e. The Morgan fingerprint density at radius 1 is 1.44 bits per heavy atom. The number of nitrogen functional groups attached to an aromatic ring is 1. The second-order valence-corrected chi connectivity index (χ2v) is 3.54. The van der Waals surface area contributed by atoms with E-state index in [2.05, 4.69) is 4.98 Å². The molecule has 0 fully saturated rings. The topological polar surface area (TPSA) is 70.1 Å². The molecule has 0 spiro atoms. The molecule has 1 aromatic carbocycles. The minimum absolute atomic E-state index is 0.260. The van der Waals surface area contributed by atoms with Crippen molar-refractivity contribution >= 4 is 10.9 Å². The van der Waals surface area contributed by atoms with Gasteiger partial charge in [0.25, 0.3) is 5.56 Å². The third-order valence-electron chi connectivity index (χ3n) is 2.55. The van der Waals surface area contributed by atoms with E-state index in [1.807, 2.05) is 6.07 Å². The van der Waals surface area contributed by atoms with Crippen LogP contribution >= 0.6 is 0 Å². The number of hydrogen-bond acceptors (Lipinski definition) is 4. The van der Waals surface area contributed by atoms with E-state index in [9.17, 15) is 4.79 Å². The van der Waals surface area contributed by atoms with Crippen LogP contribution in [0.2, 0.25) is 0 Å². The SMILES string of the molecule is COC(C)c1nc2ccccc2c(=O)n1N. The third kappa shape index (κ3) is 1.55. The smallest absolute Gasteiger partial charge is 0.279 e. The number of benzene rings is 1. The van der Waals surface area contributed by atoms with Crippen LogP contribution in [0.3, 0.4) is 0 Å². The first kappa shape index (κ1) is 10.6. The molecule has 2 N–H and O–H groups in total. The lowest BCUT2D eigenvalue weighted by atomic mass is 10.2. The summed E-state index contributed by atoms with van der Waals surface area (Å²) >= 11 is 0. The van der Waals surface area contributed by atoms with Gasteiger partial charge < -0.3 is 10.6 Å². The van der Waals surface area contributed by atoms with E-state index in [4.69, 9.17) is 10.6 Å². The number of nitrogens with zero attached hydrogens (tertiary/aromatic N) is 2. The average molecular weight is 219 g/mol. The van der Waals surface area contributed by atoms with E-state index in [-0.39, 0.29) is 11.7 Å². The highest BCUT2D eigenvalue weighted by atomic mass is 16.5. The van der Waals surface area contributed by atoms with Crippen molar-refractivity contribution < 1.29 is 4.74 Å². The van der Waals surface area contributed by atoms with Crippen LogP contribution < -0.4 is 11.4 Å². The van der Waals surface area contributed by atoms with Crippen LogP contribution in [-0.2, 0) is 4.74 Å². The van der Waals surface area contributed by atoms with Crippen LogP contribution in [0, 0.1) is 0 Å². The lowest BCUT2D eigenvalue weighted by Crippen LogP contribution is -2.32. The summed E-state index contributed by atoms with van der Waals surface area (Å²) in [5.74, 6) is 6.11. The zero-order chi connectivity index (χ0) is 11.7. The lowest BCUT2D eigenvalue weighted by Gasteiger charge is -2.13. The molecule has 2 aromatic rings. The fraction of sp³-hybridized carbons (Fsp3) is 0.273. The van der Waals surface area contributed by atoms with Crippen LogP contribution in [-0.4, -0.2) is 16.8 Å². The number of nitrogens with two attached hydrogens (primary N) is 1. The first-order valence-corrected chi connectivity index (χ1v) is 4.94. The normalized spacial score (nSPS) is 12.9. The average Bonchev–Trinajstić information content (AvgIpc) is 2.33. The summed E-state index contributed by atoms with van der Waals surface area (Å²) in [6.07, 6.45) is -0.317. The summed E-state index contributed by atoms with van der Waals surface area (Å²) < 4.78 is 6.16. The predicted octanol–water partition coefficient (Wildman–Crippen LogP) is 0.818. The molecule has 0 aliphatic heterocycles. The maximum absolute atomic E-state index is 11.9. The quantitative estimate of drug-likeness (QED) is 0.759. The van der Waals surface area contributed by atoms with Crippen molar-refractivity contribution in [2.24, 2.45) is 0 Å². The number of fused-ring (bicyclic) bond motifs is 1. The van der Waals surface area contributed by atoms with Crippen LogP contribution in [0.1, 0.15) is 18.9 Å². The van der Waals surface area contributed by atoms with E-state index < -0.39 is 0 Å². The van der Waals surface area contributed by atoms with Gasteiger partial charge in [-0.3, -0.25) is 4.79 Å². The Labute approximate surface area is 92.4 Å². The first-order valence-electron chi connectivity index (χ1n) is 4.94. The van der Waals surface area contributed by atoms with Crippen molar-refractivity contribution in [3.8, 4) is 0 Å². The van der Waals surface area contributed by atoms with Gasteiger partial charge in [0.2, 0.25) is 0 Å². The molecule has 1 unspecified atom stereocenters. The zero-order valence-corrected chi connectivity index (χ0v) is 9.18. The van der Waals surface area contributed by atoms with Crippen LogP contribution in [0.25, 0.3) is 10.9 Å². The molecule has 1 aromatic heterocycles. The van der Waals surface area contributed by atoms with Gasteiger partial charge in [0.1, 0.15) is 6.10 Å². The Morgan fingerprint density at radius 2 is 2.12 bits per heavy atom. The molecule has 1 heterocycles. The summed E-state index contributed by atoms with van der Waals surface area (Å²) in [5, 5.41) is 0.511. The Kier molecular flexibility index (Phi) is 2.62. The van der Waals surface area contributed by atoms with Gasteiger partial charge in [-0.1, -0.05) is 12.1 Å². The number of aromatic nitrogens is 2. The maximum Gasteiger partial charge on any atom is 0.279 e. The summed E-state index contributed by atoms with van der Waals surface area (Å²) in [5.41, 5.74) is 0.373. The summed E-state index contributed by atoms with van der Waals surface area (Å²) in [6.45, 7) is 1.79. The van der Waals surface area contributed by atoms with Crippen molar-refractivity contribution in [2.45, 2.75) is 13.0 Å². The molecule has 0 amide bonds. The van der Waals surface area contributed by atoms with Gasteiger partial charge in [-0.2, -0.15) is 0 Å². The van der Waals surface area contributed by atoms with Gasteiger partial charge in [-0.25, -0.2) is 9.66 Å². The number of ether oxygens (including phenoxy) is 1. The van der Waals surface area contributed by atoms with Crippen molar-refractivity contribution in [3.05, 3.63) is 40.4 Å². The molecule has 0 saturated carbocycles. The fourth-order valence-corrected chi connectivity index (χ4v) is 1.56. The molecular formula is C11H13N3O2. The molecular weight excluding hydrogens is 206 g/mol. The molecule has 0 radical (unpaired) electrons. The van der Waals surface area contributed by atoms with Gasteiger partial charge in [-0.15, -0.1) is 0 Å². The van der Waals surface area contributed by atoms with E-state index in [1.54, 1.807) is 32.2 Å². The van der Waals surface area contributed by atoms with Gasteiger partial charge in [0, 0.05) is 7.11 Å². The highest BCUT2D eigenvalue weighted by molar-refractivity contribution is 5.77. The highest BCUT2D eigenvalue weighted by Gasteiger charge is 2.13. The predicted molar refractivity (Wildman–Crippen MR) is 61.6 cm³/mol. The Hall–Kier alpha value is -1.88. The van der Waals surface area contributed by atoms with E-state index in [0.29, 0.717) is 16.7 Å². The van der Waals surface area contributed by atoms with E-state index >= 15 is 0 Å². The first-order chi connectivity index (χ1) is 7.65. The van der Waals surface area contributed by atoms with Crippen molar-refractivity contribution in [3.63, 3.8) is 0 Å². The number of hydrogen-bond donors (Lipinski definition) is 1. The van der Waals surface area contributed by atoms with Gasteiger partial charge in [0.15, 0.2) is 5.82 Å². The molecule has 2 rings (SSSR count). The summed E-state index contributed by atoms with van der Waals surface area (Å²) in [7, 11) is 1.55. The van der Waals surface area contributed by atoms with Gasteiger partial charge >= 0.3 is 0 Å². The van der Waals surface area contributed by atoms with Crippen LogP contribution in [0.5, 0.6) is 0 Å². The minimum Gasteiger partial charge on any atom is -0.374 e. The standard InChI is InChI=1S/C11H13N3O2/c1-7(16-2)10-13-9-6-4-3-5-8(9)11(15)14(10)12/h3-7H,12H2,1-2H3. The maximum atomic E-state index is 11.9. The molecule has 0 saturated heterocycles. The zero-order valence-electron chi connectivity index (χ0n) is 9.18. The van der Waals surface area contributed by atoms with Crippen molar-refractivity contribution in [2.75, 3.05) is 13.0 Å². The molecule has 5 heteroatoms. The Morgan fingerprint density at radius 3 is 2.81 bits per heavy atom. The molecule has 16 heavy (non-hydrogen) atoms. The van der Waals surface area contributed by atoms with E-state index in [0.717, 1.165) is 4.68 Å². The van der Waals surface area contributed by atoms with Gasteiger partial charge in [0.05, 0.1) is 10.9 Å². The Balaban J connectivity index is 2.79. The summed E-state index contributed by atoms with van der Waals surface area (Å²) in [4.78, 5) is 16.2. The molecule has 1 atom stereocenters. The summed E-state index contributed by atoms with van der Waals surface area (Å²) in [6, 6.07) is 7.10. The molecule has 0 aliphatic rings. The van der Waals surface area contributed by atoms with Crippen LogP contribution in [0.4, 0.5) is 0 Å². The molecule has 0 bridgehead atoms. The second-order valence-electron chi connectivity index (χ2n) is 3.54. The monoisotopic (exact) mass is 219 g/mol. The Bertz CT molecular complexity index is 577. The highest BCUT2D eigenvalue weighted by Crippen LogP contribution is 2.13. The van der Waals surface area contributed by atoms with Crippen molar-refractivity contribution in [1.82, 2.24) is 9.66 Å².